The summed E-state index contributed by atoms with van der Waals surface area (Å²) in [4.78, 5) is 15.4. The van der Waals surface area contributed by atoms with Gasteiger partial charge in [0.05, 0.1) is 0 Å². The van der Waals surface area contributed by atoms with E-state index in [1.165, 1.54) is 18.3 Å². The number of carbonyl (C=O) groups excluding carboxylic acids is 1. The first-order valence-electron chi connectivity index (χ1n) is 6.57. The number of hydrogen-bond acceptors (Lipinski definition) is 5. The predicted molar refractivity (Wildman–Crippen MR) is 80.4 cm³/mol. The Labute approximate surface area is 131 Å². The molecule has 0 bridgehead atoms. The monoisotopic (exact) mass is 337 g/mol. The van der Waals surface area contributed by atoms with Crippen molar-refractivity contribution < 1.29 is 22.7 Å². The zero-order valence-electron chi connectivity index (χ0n) is 11.9. The molecule has 120 valence electrons. The number of aromatic hydroxyl groups is 1. The van der Waals surface area contributed by atoms with Crippen molar-refractivity contribution in [3.8, 4) is 16.9 Å². The molecule has 3 rings (SSSR count). The smallest absolute Gasteiger partial charge is 0.326 e. The van der Waals surface area contributed by atoms with Crippen molar-refractivity contribution in [2.45, 2.75) is 6.92 Å². The van der Waals surface area contributed by atoms with Gasteiger partial charge < -0.3 is 5.11 Å². The van der Waals surface area contributed by atoms with Crippen LogP contribution in [-0.4, -0.2) is 31.0 Å². The van der Waals surface area contributed by atoms with Gasteiger partial charge in [-0.05, 0) is 25.1 Å². The molecule has 1 aliphatic heterocycles. The number of aryl methyl sites for hydroxylation is 1. The number of nitrogens with one attached hydrogen (secondary N) is 1. The van der Waals surface area contributed by atoms with Crippen molar-refractivity contribution in [1.29, 1.82) is 0 Å². The SMILES string of the molecule is Cc1ccc(-c2ccc(O)c(N3CC(=O)NS3(=O)=O)c2F)cn1. The van der Waals surface area contributed by atoms with Gasteiger partial charge in [0.15, 0.2) is 5.82 Å². The highest BCUT2D eigenvalue weighted by Gasteiger charge is 2.37. The molecule has 0 spiro atoms. The second-order valence-corrected chi connectivity index (χ2v) is 6.62. The number of halogens is 1. The van der Waals surface area contributed by atoms with E-state index in [1.54, 1.807) is 23.8 Å². The number of benzene rings is 1. The quantitative estimate of drug-likeness (QED) is 0.854. The van der Waals surface area contributed by atoms with Crippen molar-refractivity contribution in [2.24, 2.45) is 0 Å². The number of rotatable bonds is 2. The Balaban J connectivity index is 2.17. The molecule has 7 nitrogen and oxygen atoms in total. The molecule has 2 heterocycles. The molecule has 2 N–H and O–H groups in total. The summed E-state index contributed by atoms with van der Waals surface area (Å²) < 4.78 is 40.8. The lowest BCUT2D eigenvalue weighted by Crippen LogP contribution is -2.30. The molecule has 1 aliphatic rings. The van der Waals surface area contributed by atoms with Crippen molar-refractivity contribution in [2.75, 3.05) is 10.8 Å². The Morgan fingerprint density at radius 1 is 1.30 bits per heavy atom. The molecule has 1 fully saturated rings. The average molecular weight is 337 g/mol. The van der Waals surface area contributed by atoms with Crippen molar-refractivity contribution >= 4 is 21.8 Å². The molecule has 0 unspecified atom stereocenters. The largest absolute Gasteiger partial charge is 0.506 e. The van der Waals surface area contributed by atoms with Gasteiger partial charge in [-0.1, -0.05) is 6.07 Å². The predicted octanol–water partition coefficient (Wildman–Crippen LogP) is 1.08. The number of hydrogen-bond donors (Lipinski definition) is 2. The zero-order valence-corrected chi connectivity index (χ0v) is 12.8. The van der Waals surface area contributed by atoms with E-state index in [0.29, 0.717) is 9.87 Å². The topological polar surface area (TPSA) is 99.6 Å². The van der Waals surface area contributed by atoms with Crippen molar-refractivity contribution in [3.63, 3.8) is 0 Å². The summed E-state index contributed by atoms with van der Waals surface area (Å²) in [7, 11) is -4.22. The summed E-state index contributed by atoms with van der Waals surface area (Å²) in [5.74, 6) is -2.33. The van der Waals surface area contributed by atoms with E-state index in [4.69, 9.17) is 0 Å². The summed E-state index contributed by atoms with van der Waals surface area (Å²) in [6, 6.07) is 5.80. The molecule has 9 heteroatoms. The summed E-state index contributed by atoms with van der Waals surface area (Å²) in [6.45, 7) is 1.18. The number of pyridine rings is 1. The second kappa shape index (κ2) is 5.20. The van der Waals surface area contributed by atoms with Crippen LogP contribution in [0, 0.1) is 12.7 Å². The average Bonchev–Trinajstić information content (AvgIpc) is 2.73. The van der Waals surface area contributed by atoms with Crippen LogP contribution in [0.3, 0.4) is 0 Å². The summed E-state index contributed by atoms with van der Waals surface area (Å²) in [6.07, 6.45) is 1.44. The van der Waals surface area contributed by atoms with E-state index in [2.05, 4.69) is 4.98 Å². The molecule has 1 saturated heterocycles. The van der Waals surface area contributed by atoms with E-state index >= 15 is 0 Å². The van der Waals surface area contributed by atoms with Gasteiger partial charge in [-0.15, -0.1) is 0 Å². The fourth-order valence-electron chi connectivity index (χ4n) is 2.29. The fraction of sp³-hybridized carbons (Fsp3) is 0.143. The van der Waals surface area contributed by atoms with Gasteiger partial charge in [0, 0.05) is 23.0 Å². The van der Waals surface area contributed by atoms with Gasteiger partial charge in [0.25, 0.3) is 5.91 Å². The first kappa shape index (κ1) is 15.2. The summed E-state index contributed by atoms with van der Waals surface area (Å²) in [5, 5.41) is 9.88. The molecule has 1 aromatic carbocycles. The second-order valence-electron chi connectivity index (χ2n) is 5.02. The molecule has 0 aliphatic carbocycles. The molecular weight excluding hydrogens is 325 g/mol. The highest BCUT2D eigenvalue weighted by atomic mass is 32.2. The van der Waals surface area contributed by atoms with Crippen LogP contribution in [-0.2, 0) is 15.0 Å². The minimum Gasteiger partial charge on any atom is -0.506 e. The standard InChI is InChI=1S/C14H12FN3O4S/c1-8-2-3-9(6-16-8)10-4-5-11(19)14(13(10)15)18-7-12(20)17-23(18,21)22/h2-6,19H,7H2,1H3,(H,17,20). The molecule has 0 radical (unpaired) electrons. The molecule has 1 aromatic heterocycles. The highest BCUT2D eigenvalue weighted by Crippen LogP contribution is 2.38. The van der Waals surface area contributed by atoms with Crippen molar-refractivity contribution in [3.05, 3.63) is 42.0 Å². The Morgan fingerprint density at radius 3 is 2.61 bits per heavy atom. The molecule has 23 heavy (non-hydrogen) atoms. The van der Waals surface area contributed by atoms with Gasteiger partial charge in [-0.2, -0.15) is 8.42 Å². The summed E-state index contributed by atoms with van der Waals surface area (Å²) >= 11 is 0. The molecular formula is C14H12FN3O4S. The Bertz CT molecular complexity index is 897. The molecule has 1 amide bonds. The molecule has 0 saturated carbocycles. The lowest BCUT2D eigenvalue weighted by atomic mass is 10.1. The van der Waals surface area contributed by atoms with Gasteiger partial charge >= 0.3 is 10.2 Å². The van der Waals surface area contributed by atoms with Gasteiger partial charge in [0.2, 0.25) is 0 Å². The highest BCUT2D eigenvalue weighted by molar-refractivity contribution is 7.92. The molecule has 2 aromatic rings. The van der Waals surface area contributed by atoms with E-state index < -0.39 is 39.9 Å². The van der Waals surface area contributed by atoms with Crippen LogP contribution >= 0.6 is 0 Å². The van der Waals surface area contributed by atoms with E-state index in [1.807, 2.05) is 0 Å². The van der Waals surface area contributed by atoms with Crippen LogP contribution in [0.15, 0.2) is 30.5 Å². The number of aromatic nitrogens is 1. The minimum absolute atomic E-state index is 0.0693. The first-order chi connectivity index (χ1) is 10.8. The Kier molecular flexibility index (Phi) is 3.44. The third-order valence-corrected chi connectivity index (χ3v) is 4.76. The first-order valence-corrected chi connectivity index (χ1v) is 8.01. The molecule has 0 atom stereocenters. The van der Waals surface area contributed by atoms with E-state index in [-0.39, 0.29) is 5.56 Å². The van der Waals surface area contributed by atoms with Crippen LogP contribution in [0.1, 0.15) is 5.69 Å². The van der Waals surface area contributed by atoms with E-state index in [9.17, 15) is 22.7 Å². The summed E-state index contributed by atoms with van der Waals surface area (Å²) in [5.41, 5.74) is 0.664. The fourth-order valence-corrected chi connectivity index (χ4v) is 3.45. The van der Waals surface area contributed by atoms with Crippen LogP contribution in [0.25, 0.3) is 11.1 Å². The Hall–Kier alpha value is -2.68. The lowest BCUT2D eigenvalue weighted by molar-refractivity contribution is -0.117. The number of phenolic OH excluding ortho intramolecular Hbond substituents is 1. The lowest BCUT2D eigenvalue weighted by Gasteiger charge is -2.18. The number of carbonyl (C=O) groups is 1. The maximum atomic E-state index is 14.8. The van der Waals surface area contributed by atoms with Gasteiger partial charge in [-0.25, -0.2) is 13.4 Å². The van der Waals surface area contributed by atoms with Crippen molar-refractivity contribution in [1.82, 2.24) is 9.71 Å². The number of phenols is 1. The zero-order chi connectivity index (χ0) is 16.8. The Morgan fingerprint density at radius 2 is 2.04 bits per heavy atom. The van der Waals surface area contributed by atoms with Crippen LogP contribution in [0.5, 0.6) is 5.75 Å². The van der Waals surface area contributed by atoms with Gasteiger partial charge in [0.1, 0.15) is 18.0 Å². The number of amides is 1. The minimum atomic E-state index is -4.22. The third-order valence-electron chi connectivity index (χ3n) is 3.39. The number of anilines is 1. The maximum Gasteiger partial charge on any atom is 0.326 e. The van der Waals surface area contributed by atoms with Crippen LogP contribution < -0.4 is 9.03 Å². The third kappa shape index (κ3) is 2.59. The van der Waals surface area contributed by atoms with Crippen LogP contribution in [0.2, 0.25) is 0 Å². The normalized spacial score (nSPS) is 16.4. The van der Waals surface area contributed by atoms with Gasteiger partial charge in [-0.3, -0.25) is 9.78 Å². The maximum absolute atomic E-state index is 14.8. The van der Waals surface area contributed by atoms with E-state index in [0.717, 1.165) is 5.69 Å². The number of nitrogens with zero attached hydrogens (tertiary/aromatic N) is 2. The van der Waals surface area contributed by atoms with Crippen LogP contribution in [0.4, 0.5) is 10.1 Å².